The highest BCUT2D eigenvalue weighted by molar-refractivity contribution is 8.13. The van der Waals surface area contributed by atoms with E-state index in [0.717, 1.165) is 35.4 Å². The Morgan fingerprint density at radius 1 is 1.02 bits per heavy atom. The Morgan fingerprint density at radius 2 is 1.68 bits per heavy atom. The number of aromatic nitrogens is 4. The number of phosphoric ester groups is 3. The van der Waals surface area contributed by atoms with Gasteiger partial charge in [0.25, 0.3) is 0 Å². The van der Waals surface area contributed by atoms with Gasteiger partial charge in [-0.3, -0.25) is 37.3 Å². The van der Waals surface area contributed by atoms with Gasteiger partial charge in [0.1, 0.15) is 42.2 Å². The van der Waals surface area contributed by atoms with Crippen LogP contribution < -0.4 is 16.4 Å². The van der Waals surface area contributed by atoms with Gasteiger partial charge in [-0.05, 0) is 12.3 Å². The van der Waals surface area contributed by atoms with Crippen LogP contribution in [0.4, 0.5) is 5.82 Å². The molecule has 2 aromatic rings. The number of nitrogens with two attached hydrogens (primary N) is 1. The first-order valence-electron chi connectivity index (χ1n) is 18.0. The van der Waals surface area contributed by atoms with E-state index in [2.05, 4.69) is 34.4 Å². The second-order valence-electron chi connectivity index (χ2n) is 14.5. The Labute approximate surface area is 346 Å². The van der Waals surface area contributed by atoms with Gasteiger partial charge in [0, 0.05) is 30.7 Å². The Kier molecular flexibility index (Phi) is 18.8. The summed E-state index contributed by atoms with van der Waals surface area (Å²) in [4.78, 5) is 99.6. The van der Waals surface area contributed by atoms with Crippen molar-refractivity contribution in [3.63, 3.8) is 0 Å². The highest BCUT2D eigenvalue weighted by atomic mass is 32.2. The maximum absolute atomic E-state index is 12.7. The summed E-state index contributed by atoms with van der Waals surface area (Å²) in [5, 5.41) is 35.2. The number of fused-ring (bicyclic) bond motifs is 1. The number of hydrogen-bond donors (Lipinski definition) is 10. The normalized spacial score (nSPS) is 21.6. The molecule has 2 amide bonds. The van der Waals surface area contributed by atoms with Crippen LogP contribution >= 0.6 is 35.2 Å². The van der Waals surface area contributed by atoms with Gasteiger partial charge in [0.2, 0.25) is 16.9 Å². The Hall–Kier alpha value is -2.97. The quantitative estimate of drug-likeness (QED) is 0.0361. The Balaban J connectivity index is 1.46. The van der Waals surface area contributed by atoms with Crippen molar-refractivity contribution in [1.82, 2.24) is 30.2 Å². The number of carbonyl (C=O) groups excluding carboxylic acids is 3. The van der Waals surface area contributed by atoms with E-state index in [-0.39, 0.29) is 48.7 Å². The van der Waals surface area contributed by atoms with Crippen LogP contribution in [0.2, 0.25) is 0 Å². The van der Waals surface area contributed by atoms with Crippen LogP contribution in [0, 0.1) is 17.3 Å². The van der Waals surface area contributed by atoms with Crippen molar-refractivity contribution in [2.75, 3.05) is 37.8 Å². The molecule has 26 nitrogen and oxygen atoms in total. The summed E-state index contributed by atoms with van der Waals surface area (Å²) in [5.74, 6) is -3.49. The molecule has 1 saturated heterocycles. The zero-order valence-electron chi connectivity index (χ0n) is 32.7. The van der Waals surface area contributed by atoms with Crippen molar-refractivity contribution in [2.24, 2.45) is 17.3 Å². The number of nitrogen functional groups attached to an aromatic ring is 1. The summed E-state index contributed by atoms with van der Waals surface area (Å²) in [7, 11) is -16.5. The molecule has 0 spiro atoms. The fraction of sp³-hybridized carbons (Fsp3) is 0.700. The van der Waals surface area contributed by atoms with E-state index in [9.17, 15) is 67.8 Å². The summed E-state index contributed by atoms with van der Waals surface area (Å²) >= 11 is 0.785. The molecule has 1 fully saturated rings. The van der Waals surface area contributed by atoms with Crippen molar-refractivity contribution >= 4 is 75.1 Å². The topological polar surface area (TPSA) is 401 Å². The minimum absolute atomic E-state index is 0.0191. The number of nitrogens with zero attached hydrogens (tertiary/aromatic N) is 4. The lowest BCUT2D eigenvalue weighted by Gasteiger charge is -2.30. The number of phosphoric acid groups is 3. The maximum Gasteiger partial charge on any atom is 0.481 e. The number of carboxylic acids is 1. The fourth-order valence-corrected chi connectivity index (χ4v) is 9.11. The number of carbonyl (C=O) groups is 4. The van der Waals surface area contributed by atoms with E-state index in [1.807, 2.05) is 13.8 Å². The number of aliphatic carboxylic acids is 1. The predicted molar refractivity (Wildman–Crippen MR) is 207 cm³/mol. The standard InChI is InChI=1S/C30H50N7O19P3S/c1-16(2)6-5-7-17(28(42)43)29(44)60-11-10-32-19(38)8-9-33-26(41)23(40)30(3,4)13-53-59(50,51)56-58(48,49)52-12-18-22(55-57(45,46)47)21(39)27(54-18)37-15-36-20-24(31)34-14-35-25(20)37/h14-18,21-23,27,39-40H,5-13H2,1-4H3,(H,32,38)(H,33,41)(H,42,43)(H,48,49)(H,50,51)(H2,31,34,35)(H2,45,46,47). The van der Waals surface area contributed by atoms with E-state index in [1.54, 1.807) is 0 Å². The molecule has 1 aliphatic rings. The molecule has 0 aromatic carbocycles. The van der Waals surface area contributed by atoms with Crippen LogP contribution in [-0.4, -0.2) is 134 Å². The molecule has 8 atom stereocenters. The summed E-state index contributed by atoms with van der Waals surface area (Å²) < 4.78 is 62.1. The van der Waals surface area contributed by atoms with E-state index in [0.29, 0.717) is 12.3 Å². The average molecular weight is 938 g/mol. The first-order valence-corrected chi connectivity index (χ1v) is 23.5. The lowest BCUT2D eigenvalue weighted by molar-refractivity contribution is -0.144. The zero-order valence-corrected chi connectivity index (χ0v) is 36.2. The minimum atomic E-state index is -5.60. The molecule has 340 valence electrons. The van der Waals surface area contributed by atoms with Gasteiger partial charge in [0.15, 0.2) is 17.7 Å². The second-order valence-corrected chi connectivity index (χ2v) is 19.8. The summed E-state index contributed by atoms with van der Waals surface area (Å²) in [5.41, 5.74) is 4.20. The molecular formula is C30H50N7O19P3S. The molecule has 3 heterocycles. The number of imidazole rings is 1. The minimum Gasteiger partial charge on any atom is -0.481 e. The first-order chi connectivity index (χ1) is 27.7. The Bertz CT molecular complexity index is 1970. The number of amides is 2. The van der Waals surface area contributed by atoms with Crippen LogP contribution in [0.15, 0.2) is 12.7 Å². The maximum atomic E-state index is 12.7. The molecule has 11 N–H and O–H groups in total. The third-order valence-corrected chi connectivity index (χ3v) is 12.7. The average Bonchev–Trinajstić information content (AvgIpc) is 3.69. The molecular weight excluding hydrogens is 887 g/mol. The van der Waals surface area contributed by atoms with Gasteiger partial charge in [-0.1, -0.05) is 52.3 Å². The van der Waals surface area contributed by atoms with E-state index in [4.69, 9.17) is 19.5 Å². The number of anilines is 1. The van der Waals surface area contributed by atoms with Gasteiger partial charge in [0.05, 0.1) is 19.5 Å². The largest absolute Gasteiger partial charge is 0.481 e. The molecule has 2 aromatic heterocycles. The van der Waals surface area contributed by atoms with Crippen molar-refractivity contribution in [2.45, 2.75) is 84.0 Å². The third kappa shape index (κ3) is 15.7. The zero-order chi connectivity index (χ0) is 45.2. The molecule has 0 saturated carbocycles. The lowest BCUT2D eigenvalue weighted by Crippen LogP contribution is -2.46. The Morgan fingerprint density at radius 3 is 2.32 bits per heavy atom. The number of nitrogens with one attached hydrogen (secondary N) is 2. The number of aliphatic hydroxyl groups is 2. The van der Waals surface area contributed by atoms with Gasteiger partial charge in [-0.15, -0.1) is 0 Å². The molecule has 60 heavy (non-hydrogen) atoms. The van der Waals surface area contributed by atoms with Crippen LogP contribution in [0.25, 0.3) is 11.2 Å². The molecule has 0 radical (unpaired) electrons. The van der Waals surface area contributed by atoms with Crippen molar-refractivity contribution < 1.29 is 90.4 Å². The summed E-state index contributed by atoms with van der Waals surface area (Å²) in [6, 6.07) is 0. The molecule has 1 aliphatic heterocycles. The van der Waals surface area contributed by atoms with Gasteiger partial charge >= 0.3 is 29.4 Å². The summed E-state index contributed by atoms with van der Waals surface area (Å²) in [6.07, 6.45) is -5.55. The van der Waals surface area contributed by atoms with Crippen LogP contribution in [-0.2, 0) is 55.5 Å². The van der Waals surface area contributed by atoms with Crippen molar-refractivity contribution in [1.29, 1.82) is 0 Å². The van der Waals surface area contributed by atoms with Crippen LogP contribution in [0.1, 0.15) is 59.6 Å². The number of ether oxygens (including phenoxy) is 1. The van der Waals surface area contributed by atoms with Crippen LogP contribution in [0.5, 0.6) is 0 Å². The summed E-state index contributed by atoms with van der Waals surface area (Å²) in [6.45, 7) is 4.12. The SMILES string of the molecule is CC(C)CCCC(C(=O)O)C(=O)SCCNC(=O)CCNC(=O)C(O)C(C)(C)COP(=O)(O)OP(=O)(O)OCC1OC(n2cnc3c(N)ncnc32)C(O)C1OP(=O)(O)O. The molecule has 3 rings (SSSR count). The first kappa shape index (κ1) is 51.4. The number of hydrogen-bond acceptors (Lipinski definition) is 19. The monoisotopic (exact) mass is 937 g/mol. The van der Waals surface area contributed by atoms with Crippen LogP contribution in [0.3, 0.4) is 0 Å². The second kappa shape index (κ2) is 21.9. The molecule has 8 unspecified atom stereocenters. The smallest absolute Gasteiger partial charge is 0.481 e. The number of aliphatic hydroxyl groups excluding tert-OH is 2. The van der Waals surface area contributed by atoms with E-state index >= 15 is 0 Å². The fourth-order valence-electron chi connectivity index (χ4n) is 5.45. The van der Waals surface area contributed by atoms with Gasteiger partial charge in [-0.2, -0.15) is 4.31 Å². The van der Waals surface area contributed by atoms with Crippen molar-refractivity contribution in [3.8, 4) is 0 Å². The number of carboxylic acid groups (broad SMARTS) is 1. The third-order valence-electron chi connectivity index (χ3n) is 8.60. The molecule has 0 aliphatic carbocycles. The predicted octanol–water partition coefficient (Wildman–Crippen LogP) is 0.192. The van der Waals surface area contributed by atoms with Gasteiger partial charge < -0.3 is 56.0 Å². The highest BCUT2D eigenvalue weighted by Gasteiger charge is 2.50. The van der Waals surface area contributed by atoms with Crippen molar-refractivity contribution in [3.05, 3.63) is 12.7 Å². The number of rotatable bonds is 25. The van der Waals surface area contributed by atoms with Gasteiger partial charge in [-0.25, -0.2) is 28.6 Å². The molecule has 0 bridgehead atoms. The number of thioether (sulfide) groups is 1. The van der Waals surface area contributed by atoms with E-state index in [1.165, 1.54) is 13.8 Å². The highest BCUT2D eigenvalue weighted by Crippen LogP contribution is 2.61. The van der Waals surface area contributed by atoms with E-state index < -0.39 is 102 Å². The lowest BCUT2D eigenvalue weighted by atomic mass is 9.87. The molecule has 30 heteroatoms.